The lowest BCUT2D eigenvalue weighted by Gasteiger charge is -2.18. The summed E-state index contributed by atoms with van der Waals surface area (Å²) in [6.07, 6.45) is 2.11. The molecule has 2 aromatic heterocycles. The molecule has 2 atom stereocenters. The first-order chi connectivity index (χ1) is 9.56. The third kappa shape index (κ3) is 2.88. The Morgan fingerprint density at radius 3 is 2.95 bits per heavy atom. The van der Waals surface area contributed by atoms with Gasteiger partial charge in [-0.1, -0.05) is 11.8 Å². The van der Waals surface area contributed by atoms with Gasteiger partial charge in [-0.2, -0.15) is 0 Å². The van der Waals surface area contributed by atoms with Gasteiger partial charge in [0, 0.05) is 26.8 Å². The fourth-order valence-corrected chi connectivity index (χ4v) is 4.96. The Balaban J connectivity index is 1.89. The van der Waals surface area contributed by atoms with Crippen LogP contribution in [0.4, 0.5) is 0 Å². The second-order valence-electron chi connectivity index (χ2n) is 4.98. The minimum Gasteiger partial charge on any atom is -0.327 e. The van der Waals surface area contributed by atoms with E-state index in [-0.39, 0.29) is 17.0 Å². The largest absolute Gasteiger partial charge is 0.344 e. The molecule has 0 bridgehead atoms. The third-order valence-corrected chi connectivity index (χ3v) is 6.52. The Morgan fingerprint density at radius 2 is 2.40 bits per heavy atom. The van der Waals surface area contributed by atoms with Gasteiger partial charge in [0.1, 0.15) is 0 Å². The number of halogens is 1. The minimum absolute atomic E-state index is 0.0231. The van der Waals surface area contributed by atoms with Crippen molar-refractivity contribution in [1.29, 1.82) is 0 Å². The molecule has 0 saturated heterocycles. The molecular weight excluding hydrogens is 360 g/mol. The quantitative estimate of drug-likeness (QED) is 0.788. The molecule has 0 amide bonds. The number of thioether (sulfide) groups is 1. The van der Waals surface area contributed by atoms with E-state index < -0.39 is 0 Å². The summed E-state index contributed by atoms with van der Waals surface area (Å²) in [5.41, 5.74) is 6.00. The van der Waals surface area contributed by atoms with Crippen molar-refractivity contribution < 1.29 is 0 Å². The molecule has 2 heterocycles. The normalized spacial score (nSPS) is 18.1. The molecular formula is C12H15BrN4OS2. The lowest BCUT2D eigenvalue weighted by molar-refractivity contribution is 0.636. The van der Waals surface area contributed by atoms with Crippen LogP contribution in [0, 0.1) is 0 Å². The van der Waals surface area contributed by atoms with Gasteiger partial charge >= 0.3 is 5.69 Å². The standard InChI is InChI=1S/C12H15BrN4OS2/c1-6(14)10(9-4-7(13)5-19-9)20-12-16-15-11(18)17(12)8-2-3-8/h4-6,8,10H,2-3,14H2,1H3,(H,15,18). The summed E-state index contributed by atoms with van der Waals surface area (Å²) in [7, 11) is 0. The molecule has 1 fully saturated rings. The predicted octanol–water partition coefficient (Wildman–Crippen LogP) is 2.91. The molecule has 1 aliphatic rings. The molecule has 0 aliphatic heterocycles. The highest BCUT2D eigenvalue weighted by Gasteiger charge is 2.31. The predicted molar refractivity (Wildman–Crippen MR) is 85.4 cm³/mol. The van der Waals surface area contributed by atoms with E-state index in [0.717, 1.165) is 22.5 Å². The van der Waals surface area contributed by atoms with Crippen molar-refractivity contribution in [3.05, 3.63) is 31.3 Å². The number of nitrogens with zero attached hydrogens (tertiary/aromatic N) is 2. The molecule has 0 radical (unpaired) electrons. The maximum Gasteiger partial charge on any atom is 0.344 e. The van der Waals surface area contributed by atoms with Crippen molar-refractivity contribution >= 4 is 39.0 Å². The molecule has 0 spiro atoms. The van der Waals surface area contributed by atoms with E-state index in [0.29, 0.717) is 6.04 Å². The van der Waals surface area contributed by atoms with E-state index in [1.165, 1.54) is 4.88 Å². The third-order valence-electron chi connectivity index (χ3n) is 3.16. The van der Waals surface area contributed by atoms with Crippen LogP contribution in [0.1, 0.15) is 35.9 Å². The van der Waals surface area contributed by atoms with Crippen molar-refractivity contribution in [2.75, 3.05) is 0 Å². The molecule has 8 heteroatoms. The first-order valence-corrected chi connectivity index (χ1v) is 8.94. The number of H-pyrrole nitrogens is 1. The highest BCUT2D eigenvalue weighted by Crippen LogP contribution is 2.42. The van der Waals surface area contributed by atoms with Crippen LogP contribution in [0.2, 0.25) is 0 Å². The molecule has 5 nitrogen and oxygen atoms in total. The first-order valence-electron chi connectivity index (χ1n) is 6.39. The van der Waals surface area contributed by atoms with Crippen molar-refractivity contribution in [3.63, 3.8) is 0 Å². The zero-order valence-electron chi connectivity index (χ0n) is 10.9. The summed E-state index contributed by atoms with van der Waals surface area (Å²) < 4.78 is 2.83. The number of aromatic amines is 1. The van der Waals surface area contributed by atoms with E-state index in [1.54, 1.807) is 27.7 Å². The van der Waals surface area contributed by atoms with Gasteiger partial charge in [0.25, 0.3) is 0 Å². The summed E-state index contributed by atoms with van der Waals surface area (Å²) >= 11 is 6.70. The second kappa shape index (κ2) is 5.67. The Labute approximate surface area is 133 Å². The van der Waals surface area contributed by atoms with Crippen molar-refractivity contribution in [3.8, 4) is 0 Å². The van der Waals surface area contributed by atoms with Gasteiger partial charge in [0.15, 0.2) is 5.16 Å². The summed E-state index contributed by atoms with van der Waals surface area (Å²) in [4.78, 5) is 13.0. The zero-order chi connectivity index (χ0) is 14.3. The second-order valence-corrected chi connectivity index (χ2v) is 7.94. The van der Waals surface area contributed by atoms with Crippen LogP contribution in [0.15, 0.2) is 25.9 Å². The number of thiophene rings is 1. The topological polar surface area (TPSA) is 76.7 Å². The SMILES string of the molecule is CC(N)C(Sc1n[nH]c(=O)n1C1CC1)c1cc(Br)cs1. The van der Waals surface area contributed by atoms with Gasteiger partial charge in [0.2, 0.25) is 0 Å². The van der Waals surface area contributed by atoms with E-state index in [2.05, 4.69) is 32.2 Å². The van der Waals surface area contributed by atoms with Gasteiger partial charge in [-0.3, -0.25) is 4.57 Å². The molecule has 0 aromatic carbocycles. The van der Waals surface area contributed by atoms with Gasteiger partial charge in [0.05, 0.1) is 5.25 Å². The fraction of sp³-hybridized carbons (Fsp3) is 0.500. The highest BCUT2D eigenvalue weighted by molar-refractivity contribution is 9.10. The average molecular weight is 375 g/mol. The summed E-state index contributed by atoms with van der Waals surface area (Å²) in [6, 6.07) is 2.37. The van der Waals surface area contributed by atoms with E-state index in [9.17, 15) is 4.79 Å². The van der Waals surface area contributed by atoms with Crippen LogP contribution in [-0.4, -0.2) is 20.8 Å². The number of nitrogens with two attached hydrogens (primary N) is 1. The molecule has 20 heavy (non-hydrogen) atoms. The van der Waals surface area contributed by atoms with Gasteiger partial charge in [-0.25, -0.2) is 9.89 Å². The Bertz CT molecular complexity index is 658. The molecule has 1 aliphatic carbocycles. The Hall–Kier alpha value is -0.570. The fourth-order valence-electron chi connectivity index (χ4n) is 2.04. The van der Waals surface area contributed by atoms with Crippen molar-refractivity contribution in [2.45, 2.75) is 42.3 Å². The number of aromatic nitrogens is 3. The van der Waals surface area contributed by atoms with Crippen LogP contribution in [0.25, 0.3) is 0 Å². The lowest BCUT2D eigenvalue weighted by atomic mass is 10.2. The average Bonchev–Trinajstić information content (AvgIpc) is 3.03. The molecule has 3 N–H and O–H groups in total. The molecule has 108 valence electrons. The lowest BCUT2D eigenvalue weighted by Crippen LogP contribution is -2.23. The Kier molecular flexibility index (Phi) is 4.07. The van der Waals surface area contributed by atoms with Crippen molar-refractivity contribution in [1.82, 2.24) is 14.8 Å². The monoisotopic (exact) mass is 374 g/mol. The zero-order valence-corrected chi connectivity index (χ0v) is 14.1. The molecule has 2 unspecified atom stereocenters. The van der Waals surface area contributed by atoms with Gasteiger partial charge in [-0.05, 0) is 41.8 Å². The summed E-state index contributed by atoms with van der Waals surface area (Å²) in [6.45, 7) is 1.98. The maximum atomic E-state index is 11.8. The van der Waals surface area contributed by atoms with Crippen LogP contribution in [0.3, 0.4) is 0 Å². The molecule has 2 aromatic rings. The maximum absolute atomic E-state index is 11.8. The highest BCUT2D eigenvalue weighted by atomic mass is 79.9. The summed E-state index contributed by atoms with van der Waals surface area (Å²) in [5, 5.41) is 9.59. The van der Waals surface area contributed by atoms with E-state index >= 15 is 0 Å². The number of rotatable bonds is 5. The smallest absolute Gasteiger partial charge is 0.327 e. The first kappa shape index (κ1) is 14.4. The minimum atomic E-state index is -0.120. The number of hydrogen-bond donors (Lipinski definition) is 2. The van der Waals surface area contributed by atoms with Gasteiger partial charge < -0.3 is 5.73 Å². The Morgan fingerprint density at radius 1 is 1.65 bits per heavy atom. The molecule has 3 rings (SSSR count). The number of nitrogens with one attached hydrogen (secondary N) is 1. The van der Waals surface area contributed by atoms with E-state index in [4.69, 9.17) is 5.73 Å². The van der Waals surface area contributed by atoms with E-state index in [1.807, 2.05) is 12.3 Å². The number of hydrogen-bond acceptors (Lipinski definition) is 5. The van der Waals surface area contributed by atoms with Crippen LogP contribution in [-0.2, 0) is 0 Å². The summed E-state index contributed by atoms with van der Waals surface area (Å²) in [5.74, 6) is 0. The van der Waals surface area contributed by atoms with Crippen molar-refractivity contribution in [2.24, 2.45) is 5.73 Å². The van der Waals surface area contributed by atoms with Gasteiger partial charge in [-0.15, -0.1) is 16.4 Å². The van der Waals surface area contributed by atoms with Crippen LogP contribution in [0.5, 0.6) is 0 Å². The molecule has 1 saturated carbocycles. The van der Waals surface area contributed by atoms with Crippen LogP contribution >= 0.6 is 39.0 Å². The van der Waals surface area contributed by atoms with Crippen LogP contribution < -0.4 is 11.4 Å².